The summed E-state index contributed by atoms with van der Waals surface area (Å²) in [4.78, 5) is 0. The highest BCUT2D eigenvalue weighted by Gasteiger charge is 2.78. The molecule has 5 aliphatic rings. The highest BCUT2D eigenvalue weighted by atomic mass is 32.3. The van der Waals surface area contributed by atoms with E-state index in [4.69, 9.17) is 8.37 Å². The number of fused-ring (bicyclic) bond motifs is 5. The van der Waals surface area contributed by atoms with Crippen LogP contribution in [0.2, 0.25) is 0 Å². The summed E-state index contributed by atoms with van der Waals surface area (Å²) in [6.45, 7) is 6.72. The molecule has 7 atom stereocenters. The Bertz CT molecular complexity index is 766. The number of hydrogen-bond acceptors (Lipinski definition) is 6. The van der Waals surface area contributed by atoms with Crippen LogP contribution in [0.1, 0.15) is 78.6 Å². The lowest BCUT2D eigenvalue weighted by Crippen LogP contribution is -2.77. The van der Waals surface area contributed by atoms with Gasteiger partial charge in [0.15, 0.2) is 0 Å². The Hall–Kier alpha value is -0.210. The molecule has 1 aliphatic heterocycles. The maximum atomic E-state index is 11.6. The predicted octanol–water partition coefficient (Wildman–Crippen LogP) is 3.33. The van der Waals surface area contributed by atoms with Crippen molar-refractivity contribution in [2.45, 2.75) is 90.1 Å². The molecule has 0 aromatic heterocycles. The van der Waals surface area contributed by atoms with Gasteiger partial charge in [-0.2, -0.15) is 8.42 Å². The molecule has 5 fully saturated rings. The molecular formula is C21H34O6S. The van der Waals surface area contributed by atoms with E-state index in [0.29, 0.717) is 23.7 Å². The summed E-state index contributed by atoms with van der Waals surface area (Å²) in [6.07, 6.45) is 8.82. The molecule has 0 unspecified atom stereocenters. The SMILES string of the molecule is CC[C@H]1CC[C@H]2[C@@H]3CC[C@H]4CCC5(OS(=O)(=O)O5)C(O)(O)[C@]4(C)[C@H]3CC[C@]12C. The smallest absolute Gasteiger partial charge is 0.361 e. The topological polar surface area (TPSA) is 93.1 Å². The summed E-state index contributed by atoms with van der Waals surface area (Å²) in [5.74, 6) is -2.00. The van der Waals surface area contributed by atoms with Crippen molar-refractivity contribution in [3.05, 3.63) is 0 Å². The molecule has 4 saturated carbocycles. The maximum absolute atomic E-state index is 11.6. The molecule has 0 bridgehead atoms. The molecule has 1 spiro atoms. The van der Waals surface area contributed by atoms with Gasteiger partial charge in [0.25, 0.3) is 5.79 Å². The lowest BCUT2D eigenvalue weighted by atomic mass is 9.42. The second-order valence-electron chi connectivity index (χ2n) is 10.7. The Morgan fingerprint density at radius 2 is 1.64 bits per heavy atom. The van der Waals surface area contributed by atoms with E-state index in [1.807, 2.05) is 6.92 Å². The van der Waals surface area contributed by atoms with Crippen LogP contribution < -0.4 is 0 Å². The Morgan fingerprint density at radius 3 is 2.29 bits per heavy atom. The Kier molecular flexibility index (Phi) is 4.04. The van der Waals surface area contributed by atoms with Gasteiger partial charge in [-0.1, -0.05) is 27.2 Å². The summed E-state index contributed by atoms with van der Waals surface area (Å²) in [5.41, 5.74) is -0.471. The molecule has 28 heavy (non-hydrogen) atoms. The third kappa shape index (κ3) is 2.15. The van der Waals surface area contributed by atoms with Gasteiger partial charge >= 0.3 is 10.4 Å². The maximum Gasteiger partial charge on any atom is 0.405 e. The monoisotopic (exact) mass is 414 g/mol. The molecule has 2 N–H and O–H groups in total. The Morgan fingerprint density at radius 1 is 0.929 bits per heavy atom. The molecule has 0 aromatic rings. The van der Waals surface area contributed by atoms with Crippen molar-refractivity contribution in [1.29, 1.82) is 0 Å². The van der Waals surface area contributed by atoms with Gasteiger partial charge in [-0.3, -0.25) is 0 Å². The molecule has 6 nitrogen and oxygen atoms in total. The highest BCUT2D eigenvalue weighted by molar-refractivity contribution is 7.82. The van der Waals surface area contributed by atoms with Crippen molar-refractivity contribution in [2.24, 2.45) is 40.4 Å². The first-order chi connectivity index (χ1) is 13.0. The first kappa shape index (κ1) is 19.7. The molecule has 1 saturated heterocycles. The van der Waals surface area contributed by atoms with E-state index in [-0.39, 0.29) is 18.3 Å². The summed E-state index contributed by atoms with van der Waals surface area (Å²) in [5, 5.41) is 22.8. The van der Waals surface area contributed by atoms with E-state index in [2.05, 4.69) is 13.8 Å². The Labute approximate surface area is 168 Å². The first-order valence-electron chi connectivity index (χ1n) is 11.1. The largest absolute Gasteiger partial charge is 0.405 e. The van der Waals surface area contributed by atoms with Crippen LogP contribution in [0, 0.1) is 40.4 Å². The van der Waals surface area contributed by atoms with Gasteiger partial charge in [0.2, 0.25) is 5.79 Å². The normalized spacial score (nSPS) is 53.0. The van der Waals surface area contributed by atoms with E-state index in [0.717, 1.165) is 31.6 Å². The number of hydrogen-bond donors (Lipinski definition) is 2. The summed E-state index contributed by atoms with van der Waals surface area (Å²) >= 11 is 0. The van der Waals surface area contributed by atoms with Gasteiger partial charge in [-0.15, -0.1) is 0 Å². The van der Waals surface area contributed by atoms with Gasteiger partial charge in [-0.05, 0) is 80.0 Å². The number of rotatable bonds is 1. The zero-order valence-electron chi connectivity index (χ0n) is 17.2. The molecule has 7 heteroatoms. The van der Waals surface area contributed by atoms with Crippen LogP contribution in [0.25, 0.3) is 0 Å². The van der Waals surface area contributed by atoms with Crippen molar-refractivity contribution in [2.75, 3.05) is 0 Å². The highest BCUT2D eigenvalue weighted by Crippen LogP contribution is 2.71. The fourth-order valence-electron chi connectivity index (χ4n) is 8.68. The molecule has 0 radical (unpaired) electrons. The average molecular weight is 415 g/mol. The third-order valence-corrected chi connectivity index (χ3v) is 11.1. The fraction of sp³-hybridized carbons (Fsp3) is 1.00. The lowest BCUT2D eigenvalue weighted by molar-refractivity contribution is -0.441. The Balaban J connectivity index is 1.52. The standard InChI is InChI=1S/C21H34O6S/c1-4-13-6-8-16-15-7-5-14-9-12-20(26-28(24,25)27-20)21(22,23)19(14,3)17(15)10-11-18(13,16)2/h13-17,22-23H,4-12H2,1-3H3/t13-,14-,15-,16-,17-,18+,19-/m0/s1. The minimum atomic E-state index is -4.11. The predicted molar refractivity (Wildman–Crippen MR) is 102 cm³/mol. The average Bonchev–Trinajstić information content (AvgIpc) is 2.94. The van der Waals surface area contributed by atoms with Crippen LogP contribution in [0.4, 0.5) is 0 Å². The van der Waals surface area contributed by atoms with Gasteiger partial charge in [0, 0.05) is 11.8 Å². The zero-order valence-corrected chi connectivity index (χ0v) is 18.0. The summed E-state index contributed by atoms with van der Waals surface area (Å²) < 4.78 is 33.3. The van der Waals surface area contributed by atoms with E-state index >= 15 is 0 Å². The van der Waals surface area contributed by atoms with Crippen LogP contribution in [-0.4, -0.2) is 30.2 Å². The molecule has 0 aromatic carbocycles. The number of aliphatic hydroxyl groups is 2. The molecule has 4 aliphatic carbocycles. The third-order valence-electron chi connectivity index (χ3n) is 10.2. The molecule has 1 heterocycles. The lowest BCUT2D eigenvalue weighted by Gasteiger charge is -2.67. The van der Waals surface area contributed by atoms with Crippen molar-refractivity contribution in [3.63, 3.8) is 0 Å². The van der Waals surface area contributed by atoms with E-state index < -0.39 is 27.4 Å². The van der Waals surface area contributed by atoms with Gasteiger partial charge in [-0.25, -0.2) is 8.37 Å². The zero-order chi connectivity index (χ0) is 20.2. The van der Waals surface area contributed by atoms with E-state index in [1.54, 1.807) is 0 Å². The van der Waals surface area contributed by atoms with Crippen LogP contribution in [0.3, 0.4) is 0 Å². The quantitative estimate of drug-likeness (QED) is 0.639. The van der Waals surface area contributed by atoms with Crippen molar-refractivity contribution < 1.29 is 27.0 Å². The fourth-order valence-corrected chi connectivity index (χ4v) is 9.75. The molecular weight excluding hydrogens is 380 g/mol. The van der Waals surface area contributed by atoms with Gasteiger partial charge in [0.1, 0.15) is 0 Å². The second-order valence-corrected chi connectivity index (χ2v) is 11.8. The first-order valence-corrected chi connectivity index (χ1v) is 12.4. The van der Waals surface area contributed by atoms with E-state index in [9.17, 15) is 18.6 Å². The van der Waals surface area contributed by atoms with E-state index in [1.165, 1.54) is 19.3 Å². The molecule has 160 valence electrons. The van der Waals surface area contributed by atoms with Gasteiger partial charge < -0.3 is 10.2 Å². The van der Waals surface area contributed by atoms with Crippen LogP contribution in [-0.2, 0) is 18.8 Å². The summed E-state index contributed by atoms with van der Waals surface area (Å²) in [6, 6.07) is 0. The van der Waals surface area contributed by atoms with Gasteiger partial charge in [0.05, 0.1) is 0 Å². The van der Waals surface area contributed by atoms with Crippen LogP contribution >= 0.6 is 0 Å². The summed E-state index contributed by atoms with van der Waals surface area (Å²) in [7, 11) is -4.11. The molecule has 0 amide bonds. The van der Waals surface area contributed by atoms with Crippen LogP contribution in [0.15, 0.2) is 0 Å². The van der Waals surface area contributed by atoms with Crippen LogP contribution in [0.5, 0.6) is 0 Å². The van der Waals surface area contributed by atoms with Crippen molar-refractivity contribution in [3.8, 4) is 0 Å². The molecule has 5 rings (SSSR count). The van der Waals surface area contributed by atoms with Crippen molar-refractivity contribution in [1.82, 2.24) is 0 Å². The second kappa shape index (κ2) is 5.72. The van der Waals surface area contributed by atoms with Crippen molar-refractivity contribution >= 4 is 10.4 Å². The minimum absolute atomic E-state index is 0.151. The minimum Gasteiger partial charge on any atom is -0.361 e.